The average molecular weight is 508 g/mol. The second-order valence-corrected chi connectivity index (χ2v) is 9.39. The van der Waals surface area contributed by atoms with E-state index in [1.54, 1.807) is 24.5 Å². The van der Waals surface area contributed by atoms with Crippen molar-refractivity contribution in [3.8, 4) is 16.9 Å². The van der Waals surface area contributed by atoms with Crippen molar-refractivity contribution in [2.24, 2.45) is 0 Å². The number of halogens is 6. The van der Waals surface area contributed by atoms with Gasteiger partial charge in [0.05, 0.1) is 6.20 Å². The van der Waals surface area contributed by atoms with Gasteiger partial charge in [0.25, 0.3) is 5.60 Å². The van der Waals surface area contributed by atoms with Gasteiger partial charge >= 0.3 is 12.4 Å². The average Bonchev–Trinajstić information content (AvgIpc) is 3.39. The number of pyridine rings is 1. The Morgan fingerprint density at radius 2 is 1.50 bits per heavy atom. The molecule has 4 nitrogen and oxygen atoms in total. The second-order valence-electron chi connectivity index (χ2n) is 9.39. The number of alkyl halides is 6. The fourth-order valence-corrected chi connectivity index (χ4v) is 5.01. The van der Waals surface area contributed by atoms with E-state index in [0.717, 1.165) is 54.9 Å². The van der Waals surface area contributed by atoms with Gasteiger partial charge in [0, 0.05) is 49.8 Å². The molecule has 1 N–H and O–H groups in total. The molecule has 190 valence electrons. The van der Waals surface area contributed by atoms with Crippen LogP contribution in [0.5, 0.6) is 5.75 Å². The number of likely N-dealkylation sites (tertiary alicyclic amines) is 1. The zero-order valence-electron chi connectivity index (χ0n) is 18.9. The van der Waals surface area contributed by atoms with E-state index >= 15 is 0 Å². The lowest BCUT2D eigenvalue weighted by atomic mass is 9.90. The Balaban J connectivity index is 1.26. The fourth-order valence-electron chi connectivity index (χ4n) is 5.01. The van der Waals surface area contributed by atoms with Gasteiger partial charge in [-0.1, -0.05) is 48.5 Å². The smallest absolute Gasteiger partial charge is 0.430 e. The van der Waals surface area contributed by atoms with E-state index in [0.29, 0.717) is 29.8 Å². The lowest BCUT2D eigenvalue weighted by Gasteiger charge is -2.32. The van der Waals surface area contributed by atoms with Crippen LogP contribution in [-0.4, -0.2) is 46.0 Å². The molecule has 2 aromatic carbocycles. The van der Waals surface area contributed by atoms with E-state index in [1.165, 1.54) is 0 Å². The number of nitrogens with zero attached hydrogens (tertiary/aromatic N) is 2. The second kappa shape index (κ2) is 8.48. The van der Waals surface area contributed by atoms with Crippen molar-refractivity contribution in [3.63, 3.8) is 0 Å². The van der Waals surface area contributed by atoms with Crippen LogP contribution in [-0.2, 0) is 18.6 Å². The molecule has 1 fully saturated rings. The van der Waals surface area contributed by atoms with Crippen molar-refractivity contribution in [1.82, 2.24) is 9.88 Å². The van der Waals surface area contributed by atoms with Crippen molar-refractivity contribution >= 4 is 0 Å². The molecule has 0 radical (unpaired) electrons. The van der Waals surface area contributed by atoms with Gasteiger partial charge < -0.3 is 9.84 Å². The van der Waals surface area contributed by atoms with E-state index in [9.17, 15) is 31.4 Å². The van der Waals surface area contributed by atoms with E-state index in [2.05, 4.69) is 9.88 Å². The highest BCUT2D eigenvalue weighted by Crippen LogP contribution is 2.50. The lowest BCUT2D eigenvalue weighted by Crippen LogP contribution is -2.53. The molecule has 3 heterocycles. The molecule has 3 aromatic rings. The molecule has 0 amide bonds. The summed E-state index contributed by atoms with van der Waals surface area (Å²) in [5, 5.41) is 9.55. The van der Waals surface area contributed by atoms with E-state index in [4.69, 9.17) is 4.74 Å². The summed E-state index contributed by atoms with van der Waals surface area (Å²) in [5.74, 6) is 0.832. The Labute approximate surface area is 203 Å². The van der Waals surface area contributed by atoms with Crippen LogP contribution in [0.3, 0.4) is 0 Å². The number of fused-ring (bicyclic) bond motifs is 1. The van der Waals surface area contributed by atoms with Crippen LogP contribution >= 0.6 is 0 Å². The molecule has 1 spiro atoms. The van der Waals surface area contributed by atoms with Crippen LogP contribution in [0.4, 0.5) is 26.3 Å². The van der Waals surface area contributed by atoms with Crippen LogP contribution in [0, 0.1) is 0 Å². The maximum atomic E-state index is 13.1. The van der Waals surface area contributed by atoms with Crippen molar-refractivity contribution in [1.29, 1.82) is 0 Å². The number of aromatic nitrogens is 1. The van der Waals surface area contributed by atoms with Crippen LogP contribution in [0.2, 0.25) is 0 Å². The lowest BCUT2D eigenvalue weighted by molar-refractivity contribution is -0.376. The first-order chi connectivity index (χ1) is 16.9. The molecule has 10 heteroatoms. The summed E-state index contributed by atoms with van der Waals surface area (Å²) in [6.45, 7) is 2.32. The van der Waals surface area contributed by atoms with Gasteiger partial charge in [-0.25, -0.2) is 0 Å². The molecule has 5 rings (SSSR count). The van der Waals surface area contributed by atoms with Gasteiger partial charge in [0.2, 0.25) is 0 Å². The number of benzene rings is 2. The van der Waals surface area contributed by atoms with Gasteiger partial charge in [-0.2, -0.15) is 26.3 Å². The van der Waals surface area contributed by atoms with Crippen molar-refractivity contribution in [3.05, 3.63) is 83.7 Å². The Morgan fingerprint density at radius 1 is 0.889 bits per heavy atom. The quantitative estimate of drug-likeness (QED) is 0.464. The van der Waals surface area contributed by atoms with E-state index in [1.807, 2.05) is 18.2 Å². The maximum Gasteiger partial charge on any atom is 0.430 e. The normalized spacial score (nSPS) is 20.5. The highest BCUT2D eigenvalue weighted by atomic mass is 19.4. The zero-order chi connectivity index (χ0) is 25.8. The minimum atomic E-state index is -5.91. The van der Waals surface area contributed by atoms with Crippen LogP contribution in [0.1, 0.15) is 23.1 Å². The number of rotatable bonds is 4. The van der Waals surface area contributed by atoms with Crippen LogP contribution in [0.25, 0.3) is 11.1 Å². The predicted octanol–water partition coefficient (Wildman–Crippen LogP) is 5.64. The van der Waals surface area contributed by atoms with Gasteiger partial charge in [0.1, 0.15) is 11.4 Å². The first-order valence-electron chi connectivity index (χ1n) is 11.3. The zero-order valence-corrected chi connectivity index (χ0v) is 18.9. The number of hydrogen-bond acceptors (Lipinski definition) is 4. The molecule has 1 unspecified atom stereocenters. The van der Waals surface area contributed by atoms with E-state index < -0.39 is 23.5 Å². The van der Waals surface area contributed by atoms with Gasteiger partial charge in [-0.15, -0.1) is 0 Å². The van der Waals surface area contributed by atoms with Crippen LogP contribution in [0.15, 0.2) is 67.0 Å². The Hall–Kier alpha value is -3.11. The molecule has 2 aliphatic rings. The summed E-state index contributed by atoms with van der Waals surface area (Å²) in [6.07, 6.45) is -6.58. The molecule has 0 bridgehead atoms. The summed E-state index contributed by atoms with van der Waals surface area (Å²) in [6, 6.07) is 12.9. The Kier molecular flexibility index (Phi) is 5.79. The first kappa shape index (κ1) is 24.6. The summed E-state index contributed by atoms with van der Waals surface area (Å²) >= 11 is 0. The number of aliphatic hydroxyl groups is 1. The number of ether oxygens (including phenoxy) is 1. The molecule has 1 aromatic heterocycles. The monoisotopic (exact) mass is 508 g/mol. The molecule has 1 atom stereocenters. The Bertz CT molecular complexity index is 1200. The third-order valence-corrected chi connectivity index (χ3v) is 6.92. The topological polar surface area (TPSA) is 45.6 Å². The van der Waals surface area contributed by atoms with Crippen molar-refractivity contribution in [2.75, 3.05) is 13.1 Å². The largest absolute Gasteiger partial charge is 0.484 e. The standard InChI is InChI=1S/C26H22F6N2O2/c27-25(28,29)24(35,26(30,31)32)21-7-5-19(6-8-21)18-3-1-17(2-4-18)15-34-12-10-23(16-34)13-20-9-11-33-14-22(20)36-23/h1-9,11,14,35H,10,12-13,15-16H2. The summed E-state index contributed by atoms with van der Waals surface area (Å²) in [5.41, 5.74) is -3.22. The third kappa shape index (κ3) is 4.22. The maximum absolute atomic E-state index is 13.1. The van der Waals surface area contributed by atoms with Crippen LogP contribution < -0.4 is 4.74 Å². The molecule has 36 heavy (non-hydrogen) atoms. The molecule has 0 saturated carbocycles. The molecular weight excluding hydrogens is 486 g/mol. The summed E-state index contributed by atoms with van der Waals surface area (Å²) < 4.78 is 84.8. The fraction of sp³-hybridized carbons (Fsp3) is 0.346. The molecular formula is C26H22F6N2O2. The number of hydrogen-bond donors (Lipinski definition) is 1. The SMILES string of the molecule is OC(c1ccc(-c2ccc(CN3CCC4(Cc5ccncc5O4)C3)cc2)cc1)(C(F)(F)F)C(F)(F)F. The van der Waals surface area contributed by atoms with E-state index in [-0.39, 0.29) is 5.60 Å². The summed E-state index contributed by atoms with van der Waals surface area (Å²) in [7, 11) is 0. The van der Waals surface area contributed by atoms with Gasteiger partial charge in [-0.3, -0.25) is 9.88 Å². The highest BCUT2D eigenvalue weighted by molar-refractivity contribution is 5.64. The Morgan fingerprint density at radius 3 is 2.08 bits per heavy atom. The van der Waals surface area contributed by atoms with Gasteiger partial charge in [0.15, 0.2) is 0 Å². The highest BCUT2D eigenvalue weighted by Gasteiger charge is 2.71. The van der Waals surface area contributed by atoms with Gasteiger partial charge in [-0.05, 0) is 22.8 Å². The van der Waals surface area contributed by atoms with Crippen molar-refractivity contribution in [2.45, 2.75) is 42.9 Å². The predicted molar refractivity (Wildman–Crippen MR) is 119 cm³/mol. The third-order valence-electron chi connectivity index (χ3n) is 6.92. The molecule has 0 aliphatic carbocycles. The van der Waals surface area contributed by atoms with Crippen molar-refractivity contribution < 1.29 is 36.2 Å². The molecule has 2 aliphatic heterocycles. The minimum absolute atomic E-state index is 0.248. The first-order valence-corrected chi connectivity index (χ1v) is 11.3. The molecule has 1 saturated heterocycles. The minimum Gasteiger partial charge on any atom is -0.484 e. The summed E-state index contributed by atoms with van der Waals surface area (Å²) in [4.78, 5) is 6.41.